The van der Waals surface area contributed by atoms with Gasteiger partial charge in [-0.05, 0) is 49.0 Å². The lowest BCUT2D eigenvalue weighted by Gasteiger charge is -2.06. The van der Waals surface area contributed by atoms with Crippen molar-refractivity contribution in [2.24, 2.45) is 5.10 Å². The van der Waals surface area contributed by atoms with Crippen molar-refractivity contribution in [2.45, 2.75) is 13.5 Å². The van der Waals surface area contributed by atoms with Crippen molar-refractivity contribution in [2.75, 3.05) is 0 Å². The van der Waals surface area contributed by atoms with Gasteiger partial charge in [0.25, 0.3) is 0 Å². The van der Waals surface area contributed by atoms with Gasteiger partial charge in [0.05, 0.1) is 23.8 Å². The summed E-state index contributed by atoms with van der Waals surface area (Å²) in [5.74, 6) is 1.61. The summed E-state index contributed by atoms with van der Waals surface area (Å²) < 4.78 is 4.15. The summed E-state index contributed by atoms with van der Waals surface area (Å²) in [7, 11) is 0. The molecule has 0 aliphatic heterocycles. The SMILES string of the molecule is Cc1nc2ccccc2n1Cc1n[nH]c(=S)n1/N=C/c1ccc(Cl)cc1. The summed E-state index contributed by atoms with van der Waals surface area (Å²) in [6.07, 6.45) is 1.73. The number of para-hydroxylation sites is 2. The van der Waals surface area contributed by atoms with E-state index in [2.05, 4.69) is 24.8 Å². The van der Waals surface area contributed by atoms with Crippen molar-refractivity contribution in [3.63, 3.8) is 0 Å². The number of aromatic nitrogens is 5. The monoisotopic (exact) mass is 382 g/mol. The summed E-state index contributed by atoms with van der Waals surface area (Å²) in [6.45, 7) is 2.49. The topological polar surface area (TPSA) is 63.8 Å². The number of halogens is 1. The number of hydrogen-bond acceptors (Lipinski definition) is 4. The second-order valence-electron chi connectivity index (χ2n) is 5.79. The third-order valence-electron chi connectivity index (χ3n) is 4.05. The van der Waals surface area contributed by atoms with Gasteiger partial charge in [0, 0.05) is 5.02 Å². The zero-order valence-electron chi connectivity index (χ0n) is 13.9. The fourth-order valence-corrected chi connectivity index (χ4v) is 3.08. The molecule has 0 bridgehead atoms. The Balaban J connectivity index is 1.69. The highest BCUT2D eigenvalue weighted by atomic mass is 35.5. The van der Waals surface area contributed by atoms with Crippen LogP contribution in [-0.2, 0) is 6.54 Å². The van der Waals surface area contributed by atoms with Crippen molar-refractivity contribution in [3.8, 4) is 0 Å². The van der Waals surface area contributed by atoms with Crippen molar-refractivity contribution >= 4 is 41.1 Å². The average molecular weight is 383 g/mol. The third kappa shape index (κ3) is 3.18. The van der Waals surface area contributed by atoms with Gasteiger partial charge >= 0.3 is 0 Å². The second-order valence-corrected chi connectivity index (χ2v) is 6.61. The Labute approximate surface area is 159 Å². The first-order valence-electron chi connectivity index (χ1n) is 8.00. The van der Waals surface area contributed by atoms with Gasteiger partial charge in [-0.25, -0.2) is 4.98 Å². The van der Waals surface area contributed by atoms with Crippen LogP contribution in [0.3, 0.4) is 0 Å². The van der Waals surface area contributed by atoms with E-state index in [0.29, 0.717) is 22.2 Å². The average Bonchev–Trinajstić information content (AvgIpc) is 3.15. The lowest BCUT2D eigenvalue weighted by molar-refractivity contribution is 0.685. The van der Waals surface area contributed by atoms with Crippen LogP contribution < -0.4 is 0 Å². The molecule has 0 saturated carbocycles. The molecule has 0 atom stereocenters. The molecule has 2 heterocycles. The van der Waals surface area contributed by atoms with Crippen molar-refractivity contribution in [1.82, 2.24) is 24.4 Å². The van der Waals surface area contributed by atoms with Crippen LogP contribution in [0.1, 0.15) is 17.2 Å². The molecule has 4 rings (SSSR count). The van der Waals surface area contributed by atoms with E-state index in [1.807, 2.05) is 55.5 Å². The van der Waals surface area contributed by atoms with Gasteiger partial charge in [-0.1, -0.05) is 35.9 Å². The Hall–Kier alpha value is -2.77. The van der Waals surface area contributed by atoms with Crippen LogP contribution in [0, 0.1) is 11.7 Å². The van der Waals surface area contributed by atoms with Gasteiger partial charge in [-0.3, -0.25) is 5.10 Å². The Kier molecular flexibility index (Phi) is 4.40. The van der Waals surface area contributed by atoms with E-state index in [9.17, 15) is 0 Å². The standard InChI is InChI=1S/C18H15ClN6S/c1-12-21-15-4-2-3-5-16(15)24(12)11-17-22-23-18(26)25(17)20-10-13-6-8-14(19)9-7-13/h2-10H,11H2,1H3,(H,23,26)/b20-10+. The summed E-state index contributed by atoms with van der Waals surface area (Å²) in [4.78, 5) is 4.59. The molecule has 0 radical (unpaired) electrons. The summed E-state index contributed by atoms with van der Waals surface area (Å²) >= 11 is 11.2. The van der Waals surface area contributed by atoms with Crippen LogP contribution in [-0.4, -0.2) is 30.6 Å². The van der Waals surface area contributed by atoms with E-state index in [-0.39, 0.29) is 0 Å². The number of aryl methyl sites for hydroxylation is 1. The van der Waals surface area contributed by atoms with Crippen LogP contribution in [0.15, 0.2) is 53.6 Å². The zero-order chi connectivity index (χ0) is 18.1. The summed E-state index contributed by atoms with van der Waals surface area (Å²) in [6, 6.07) is 15.4. The fourth-order valence-electron chi connectivity index (χ4n) is 2.76. The lowest BCUT2D eigenvalue weighted by Crippen LogP contribution is -2.08. The normalized spacial score (nSPS) is 11.6. The molecule has 0 spiro atoms. The number of nitrogens with zero attached hydrogens (tertiary/aromatic N) is 5. The summed E-state index contributed by atoms with van der Waals surface area (Å²) in [5, 5.41) is 12.3. The number of aromatic amines is 1. The van der Waals surface area contributed by atoms with Gasteiger partial charge < -0.3 is 4.57 Å². The van der Waals surface area contributed by atoms with Gasteiger partial charge in [0.15, 0.2) is 5.82 Å². The Morgan fingerprint density at radius 3 is 2.77 bits per heavy atom. The molecule has 2 aromatic heterocycles. The quantitative estimate of drug-likeness (QED) is 0.425. The maximum absolute atomic E-state index is 5.91. The summed E-state index contributed by atoms with van der Waals surface area (Å²) in [5.41, 5.74) is 2.93. The predicted molar refractivity (Wildman–Crippen MR) is 105 cm³/mol. The Bertz CT molecular complexity index is 1150. The van der Waals surface area contributed by atoms with Crippen LogP contribution in [0.25, 0.3) is 11.0 Å². The molecule has 0 saturated heterocycles. The first kappa shape index (κ1) is 16.7. The fraction of sp³-hybridized carbons (Fsp3) is 0.111. The number of nitrogens with one attached hydrogen (secondary N) is 1. The zero-order valence-corrected chi connectivity index (χ0v) is 15.5. The molecule has 26 heavy (non-hydrogen) atoms. The molecule has 4 aromatic rings. The van der Waals surface area contributed by atoms with Crippen LogP contribution >= 0.6 is 23.8 Å². The third-order valence-corrected chi connectivity index (χ3v) is 4.57. The molecular formula is C18H15ClN6S. The van der Waals surface area contributed by atoms with E-state index < -0.39 is 0 Å². The van der Waals surface area contributed by atoms with Crippen molar-refractivity contribution in [1.29, 1.82) is 0 Å². The molecular weight excluding hydrogens is 368 g/mol. The molecule has 0 unspecified atom stereocenters. The van der Waals surface area contributed by atoms with E-state index >= 15 is 0 Å². The molecule has 0 aliphatic carbocycles. The van der Waals surface area contributed by atoms with Gasteiger partial charge in [0.1, 0.15) is 5.82 Å². The number of hydrogen-bond donors (Lipinski definition) is 1. The molecule has 2 aromatic carbocycles. The van der Waals surface area contributed by atoms with E-state index in [0.717, 1.165) is 22.4 Å². The lowest BCUT2D eigenvalue weighted by atomic mass is 10.2. The number of H-pyrrole nitrogens is 1. The van der Waals surface area contributed by atoms with Gasteiger partial charge in [0.2, 0.25) is 4.77 Å². The van der Waals surface area contributed by atoms with Crippen molar-refractivity contribution < 1.29 is 0 Å². The molecule has 1 N–H and O–H groups in total. The smallest absolute Gasteiger partial charge is 0.216 e. The Morgan fingerprint density at radius 2 is 1.96 bits per heavy atom. The highest BCUT2D eigenvalue weighted by Crippen LogP contribution is 2.17. The number of benzene rings is 2. The first-order valence-corrected chi connectivity index (χ1v) is 8.78. The van der Waals surface area contributed by atoms with E-state index in [4.69, 9.17) is 23.8 Å². The van der Waals surface area contributed by atoms with E-state index in [1.54, 1.807) is 10.9 Å². The van der Waals surface area contributed by atoms with Crippen LogP contribution in [0.4, 0.5) is 0 Å². The highest BCUT2D eigenvalue weighted by molar-refractivity contribution is 7.71. The van der Waals surface area contributed by atoms with Gasteiger partial charge in [-0.15, -0.1) is 0 Å². The number of fused-ring (bicyclic) bond motifs is 1. The molecule has 6 nitrogen and oxygen atoms in total. The molecule has 0 aliphatic rings. The first-order chi connectivity index (χ1) is 12.6. The largest absolute Gasteiger partial charge is 0.320 e. The minimum absolute atomic E-state index is 0.437. The highest BCUT2D eigenvalue weighted by Gasteiger charge is 2.11. The Morgan fingerprint density at radius 1 is 1.19 bits per heavy atom. The maximum atomic E-state index is 5.91. The van der Waals surface area contributed by atoms with Gasteiger partial charge in [-0.2, -0.15) is 14.9 Å². The minimum atomic E-state index is 0.437. The minimum Gasteiger partial charge on any atom is -0.320 e. The molecule has 130 valence electrons. The van der Waals surface area contributed by atoms with Crippen LogP contribution in [0.2, 0.25) is 5.02 Å². The van der Waals surface area contributed by atoms with Crippen LogP contribution in [0.5, 0.6) is 0 Å². The van der Waals surface area contributed by atoms with Crippen molar-refractivity contribution in [3.05, 3.63) is 75.5 Å². The molecule has 0 amide bonds. The van der Waals surface area contributed by atoms with E-state index in [1.165, 1.54) is 0 Å². The number of imidazole rings is 1. The molecule has 0 fully saturated rings. The maximum Gasteiger partial charge on any atom is 0.216 e. The molecule has 8 heteroatoms. The second kappa shape index (κ2) is 6.86. The number of rotatable bonds is 4. The predicted octanol–water partition coefficient (Wildman–Crippen LogP) is 4.18.